The van der Waals surface area contributed by atoms with E-state index in [1.54, 1.807) is 4.90 Å². The van der Waals surface area contributed by atoms with Gasteiger partial charge in [-0.05, 0) is 0 Å². The molecule has 0 saturated carbocycles. The van der Waals surface area contributed by atoms with Crippen LogP contribution < -0.4 is 0 Å². The molecule has 0 spiro atoms. The van der Waals surface area contributed by atoms with Crippen LogP contribution in [0.5, 0.6) is 0 Å². The van der Waals surface area contributed by atoms with Gasteiger partial charge in [-0.3, -0.25) is 9.69 Å². The van der Waals surface area contributed by atoms with Gasteiger partial charge < -0.3 is 10.2 Å². The topological polar surface area (TPSA) is 60.8 Å². The molecule has 1 heterocycles. The number of carboxylic acids is 1. The highest BCUT2D eigenvalue weighted by Crippen LogP contribution is 2.20. The summed E-state index contributed by atoms with van der Waals surface area (Å²) in [5.74, 6) is -0.884. The summed E-state index contributed by atoms with van der Waals surface area (Å²) in [4.78, 5) is 12.4. The highest BCUT2D eigenvalue weighted by Gasteiger charge is 2.35. The van der Waals surface area contributed by atoms with Crippen LogP contribution in [0.4, 0.5) is 0 Å². The van der Waals surface area contributed by atoms with Crippen molar-refractivity contribution in [2.24, 2.45) is 0 Å². The first kappa shape index (κ1) is 10.7. The maximum atomic E-state index is 10.7. The molecule has 1 fully saturated rings. The van der Waals surface area contributed by atoms with Crippen LogP contribution in [0.15, 0.2) is 11.1 Å². The minimum Gasteiger partial charge on any atom is -0.480 e. The summed E-state index contributed by atoms with van der Waals surface area (Å²) in [5.41, 5.74) is 0. The first-order valence-electron chi connectivity index (χ1n) is 3.99. The van der Waals surface area contributed by atoms with Gasteiger partial charge in [0.15, 0.2) is 0 Å². The Morgan fingerprint density at radius 3 is 2.77 bits per heavy atom. The maximum Gasteiger partial charge on any atom is 0.321 e. The highest BCUT2D eigenvalue weighted by atomic mass is 79.9. The molecule has 1 saturated heterocycles. The number of aliphatic carboxylic acids is 1. The van der Waals surface area contributed by atoms with Gasteiger partial charge in [0.1, 0.15) is 6.04 Å². The van der Waals surface area contributed by atoms with Gasteiger partial charge >= 0.3 is 5.97 Å². The predicted octanol–water partition coefficient (Wildman–Crippen LogP) is 0.415. The van der Waals surface area contributed by atoms with Crippen LogP contribution in [0.1, 0.15) is 6.42 Å². The molecule has 0 aliphatic carbocycles. The average Bonchev–Trinajstić information content (AvgIpc) is 2.29. The van der Waals surface area contributed by atoms with Gasteiger partial charge in [-0.1, -0.05) is 22.5 Å². The third kappa shape index (κ3) is 2.79. The van der Waals surface area contributed by atoms with E-state index in [0.29, 0.717) is 19.5 Å². The van der Waals surface area contributed by atoms with Gasteiger partial charge in [0.25, 0.3) is 0 Å². The quantitative estimate of drug-likeness (QED) is 0.761. The van der Waals surface area contributed by atoms with Crippen molar-refractivity contribution < 1.29 is 15.0 Å². The fraction of sp³-hybridized carbons (Fsp3) is 0.625. The van der Waals surface area contributed by atoms with E-state index in [4.69, 9.17) is 5.11 Å². The molecule has 1 aliphatic heterocycles. The molecule has 2 unspecified atom stereocenters. The summed E-state index contributed by atoms with van der Waals surface area (Å²) < 4.78 is 0.729. The number of likely N-dealkylation sites (tertiary alicyclic amines) is 1. The summed E-state index contributed by atoms with van der Waals surface area (Å²) >= 11 is 3.17. The van der Waals surface area contributed by atoms with Crippen molar-refractivity contribution >= 4 is 21.9 Å². The largest absolute Gasteiger partial charge is 0.480 e. The number of nitrogens with zero attached hydrogens (tertiary/aromatic N) is 1. The summed E-state index contributed by atoms with van der Waals surface area (Å²) in [6.07, 6.45) is -0.233. The smallest absolute Gasteiger partial charge is 0.321 e. The number of rotatable bonds is 3. The Bertz CT molecular complexity index is 231. The fourth-order valence-electron chi connectivity index (χ4n) is 1.53. The van der Waals surface area contributed by atoms with Crippen molar-refractivity contribution in [3.05, 3.63) is 11.1 Å². The molecule has 1 rings (SSSR count). The molecule has 4 nitrogen and oxygen atoms in total. The second-order valence-corrected chi connectivity index (χ2v) is 4.31. The van der Waals surface area contributed by atoms with Crippen molar-refractivity contribution in [1.29, 1.82) is 0 Å². The van der Waals surface area contributed by atoms with Gasteiger partial charge in [0.05, 0.1) is 6.10 Å². The average molecular weight is 250 g/mol. The molecule has 13 heavy (non-hydrogen) atoms. The Morgan fingerprint density at radius 2 is 2.31 bits per heavy atom. The number of aliphatic hydroxyl groups is 1. The van der Waals surface area contributed by atoms with Crippen LogP contribution in [0.3, 0.4) is 0 Å². The predicted molar refractivity (Wildman–Crippen MR) is 51.7 cm³/mol. The lowest BCUT2D eigenvalue weighted by molar-refractivity contribution is -0.142. The van der Waals surface area contributed by atoms with Gasteiger partial charge in [-0.2, -0.15) is 0 Å². The van der Waals surface area contributed by atoms with Crippen molar-refractivity contribution in [3.8, 4) is 0 Å². The molecule has 0 amide bonds. The van der Waals surface area contributed by atoms with Crippen LogP contribution in [0.2, 0.25) is 0 Å². The van der Waals surface area contributed by atoms with Crippen LogP contribution in [0, 0.1) is 0 Å². The fourth-order valence-corrected chi connectivity index (χ4v) is 1.85. The Kier molecular flexibility index (Phi) is 3.47. The van der Waals surface area contributed by atoms with Crippen molar-refractivity contribution in [3.63, 3.8) is 0 Å². The van der Waals surface area contributed by atoms with E-state index in [2.05, 4.69) is 22.5 Å². The monoisotopic (exact) mass is 249 g/mol. The third-order valence-corrected chi connectivity index (χ3v) is 2.29. The van der Waals surface area contributed by atoms with Gasteiger partial charge in [0.2, 0.25) is 0 Å². The highest BCUT2D eigenvalue weighted by molar-refractivity contribution is 9.11. The number of halogens is 1. The maximum absolute atomic E-state index is 10.7. The van der Waals surface area contributed by atoms with E-state index in [1.165, 1.54) is 0 Å². The Morgan fingerprint density at radius 1 is 1.69 bits per heavy atom. The molecule has 0 aromatic heterocycles. The Labute approximate surface area is 85.0 Å². The number of hydrogen-bond acceptors (Lipinski definition) is 3. The van der Waals surface area contributed by atoms with E-state index < -0.39 is 18.1 Å². The number of aliphatic hydroxyl groups excluding tert-OH is 1. The molecular formula is C8H12BrNO3. The van der Waals surface area contributed by atoms with Crippen molar-refractivity contribution in [2.45, 2.75) is 18.6 Å². The number of β-amino-alcohol motifs (C(OH)–C–C–N with tert-alkyl or cyclic N) is 1. The summed E-state index contributed by atoms with van der Waals surface area (Å²) in [7, 11) is 0. The normalized spacial score (nSPS) is 29.1. The molecule has 0 bridgehead atoms. The first-order chi connectivity index (χ1) is 6.00. The van der Waals surface area contributed by atoms with Crippen LogP contribution >= 0.6 is 15.9 Å². The summed E-state index contributed by atoms with van der Waals surface area (Å²) in [5, 5.41) is 18.1. The van der Waals surface area contributed by atoms with Crippen LogP contribution in [-0.2, 0) is 4.79 Å². The molecule has 74 valence electrons. The standard InChI is InChI=1S/C8H12BrNO3/c1-5(9)3-10-4-6(11)2-7(10)8(12)13/h6-7,11H,1-4H2,(H,12,13). The van der Waals surface area contributed by atoms with Crippen LogP contribution in [0.25, 0.3) is 0 Å². The number of carbonyl (C=O) groups is 1. The molecule has 0 aromatic rings. The zero-order valence-electron chi connectivity index (χ0n) is 7.11. The second kappa shape index (κ2) is 4.21. The van der Waals surface area contributed by atoms with Crippen molar-refractivity contribution in [2.75, 3.05) is 13.1 Å². The van der Waals surface area contributed by atoms with E-state index in [-0.39, 0.29) is 0 Å². The second-order valence-electron chi connectivity index (χ2n) is 3.19. The lowest BCUT2D eigenvalue weighted by Crippen LogP contribution is -2.36. The lowest BCUT2D eigenvalue weighted by atomic mass is 10.2. The zero-order chi connectivity index (χ0) is 10.0. The zero-order valence-corrected chi connectivity index (χ0v) is 8.70. The van der Waals surface area contributed by atoms with Gasteiger partial charge in [-0.15, -0.1) is 0 Å². The van der Waals surface area contributed by atoms with Crippen LogP contribution in [-0.4, -0.2) is 46.3 Å². The minimum atomic E-state index is -0.884. The van der Waals surface area contributed by atoms with Gasteiger partial charge in [0, 0.05) is 24.0 Å². The number of carboxylic acid groups (broad SMARTS) is 1. The summed E-state index contributed by atoms with van der Waals surface area (Å²) in [6, 6.07) is -0.579. The summed E-state index contributed by atoms with van der Waals surface area (Å²) in [6.45, 7) is 4.51. The lowest BCUT2D eigenvalue weighted by Gasteiger charge is -2.19. The molecule has 0 aromatic carbocycles. The minimum absolute atomic E-state index is 0.301. The SMILES string of the molecule is C=C(Br)CN1CC(O)CC1C(=O)O. The van der Waals surface area contributed by atoms with E-state index in [1.807, 2.05) is 0 Å². The first-order valence-corrected chi connectivity index (χ1v) is 4.78. The van der Waals surface area contributed by atoms with Crippen molar-refractivity contribution in [1.82, 2.24) is 4.90 Å². The third-order valence-electron chi connectivity index (χ3n) is 2.04. The molecule has 1 aliphatic rings. The van der Waals surface area contributed by atoms with E-state index >= 15 is 0 Å². The molecule has 0 radical (unpaired) electrons. The van der Waals surface area contributed by atoms with Gasteiger partial charge in [-0.25, -0.2) is 0 Å². The number of hydrogen-bond donors (Lipinski definition) is 2. The molecule has 5 heteroatoms. The molecule has 2 N–H and O–H groups in total. The molecular weight excluding hydrogens is 238 g/mol. The Hall–Kier alpha value is -0.390. The van der Waals surface area contributed by atoms with E-state index in [9.17, 15) is 9.90 Å². The molecule has 2 atom stereocenters. The Balaban J connectivity index is 2.60. The van der Waals surface area contributed by atoms with E-state index in [0.717, 1.165) is 4.48 Å².